The van der Waals surface area contributed by atoms with Gasteiger partial charge in [0, 0.05) is 17.0 Å². The molecular formula is C13H17N3. The summed E-state index contributed by atoms with van der Waals surface area (Å²) in [6.45, 7) is 0.700. The topological polar surface area (TPSA) is 54.7 Å². The molecule has 1 heterocycles. The second-order valence-corrected chi connectivity index (χ2v) is 4.66. The summed E-state index contributed by atoms with van der Waals surface area (Å²) in [6.07, 6.45) is 4.90. The van der Waals surface area contributed by atoms with Crippen molar-refractivity contribution in [1.29, 1.82) is 0 Å². The van der Waals surface area contributed by atoms with E-state index < -0.39 is 0 Å². The number of fused-ring (bicyclic) bond motifs is 1. The highest BCUT2D eigenvalue weighted by molar-refractivity contribution is 5.82. The summed E-state index contributed by atoms with van der Waals surface area (Å²) in [5, 5.41) is 8.90. The van der Waals surface area contributed by atoms with Crippen molar-refractivity contribution in [3.8, 4) is 0 Å². The minimum Gasteiger partial charge on any atom is -0.330 e. The van der Waals surface area contributed by atoms with Gasteiger partial charge in [-0.15, -0.1) is 0 Å². The summed E-state index contributed by atoms with van der Waals surface area (Å²) in [5.74, 6) is 0.713. The van der Waals surface area contributed by atoms with E-state index in [0.717, 1.165) is 11.9 Å². The second kappa shape index (κ2) is 3.91. The van der Waals surface area contributed by atoms with Crippen molar-refractivity contribution in [2.45, 2.75) is 31.6 Å². The average Bonchev–Trinajstić information content (AvgIpc) is 2.60. The van der Waals surface area contributed by atoms with E-state index >= 15 is 0 Å². The molecule has 0 unspecified atom stereocenters. The second-order valence-electron chi connectivity index (χ2n) is 4.66. The van der Waals surface area contributed by atoms with Crippen LogP contribution in [0.25, 0.3) is 10.9 Å². The molecule has 1 aliphatic rings. The van der Waals surface area contributed by atoms with Gasteiger partial charge in [0.1, 0.15) is 0 Å². The first-order valence-electron chi connectivity index (χ1n) is 6.05. The summed E-state index contributed by atoms with van der Waals surface area (Å²) in [6, 6.07) is 6.52. The number of H-pyrrole nitrogens is 1. The molecule has 0 saturated heterocycles. The van der Waals surface area contributed by atoms with Gasteiger partial charge in [0.2, 0.25) is 0 Å². The summed E-state index contributed by atoms with van der Waals surface area (Å²) >= 11 is 0. The van der Waals surface area contributed by atoms with Crippen molar-refractivity contribution in [2.75, 3.05) is 6.54 Å². The molecule has 0 atom stereocenters. The van der Waals surface area contributed by atoms with Crippen LogP contribution in [0.1, 0.15) is 36.4 Å². The molecule has 3 N–H and O–H groups in total. The molecule has 0 bridgehead atoms. The zero-order chi connectivity index (χ0) is 11.0. The van der Waals surface area contributed by atoms with Crippen molar-refractivity contribution < 1.29 is 0 Å². The van der Waals surface area contributed by atoms with Crippen LogP contribution in [0.2, 0.25) is 0 Å². The van der Waals surface area contributed by atoms with Gasteiger partial charge >= 0.3 is 0 Å². The Morgan fingerprint density at radius 2 is 2.25 bits per heavy atom. The van der Waals surface area contributed by atoms with Gasteiger partial charge < -0.3 is 5.73 Å². The Morgan fingerprint density at radius 3 is 2.94 bits per heavy atom. The number of hydrogen-bond donors (Lipinski definition) is 2. The van der Waals surface area contributed by atoms with Gasteiger partial charge in [0.25, 0.3) is 0 Å². The third-order valence-corrected chi connectivity index (χ3v) is 3.60. The molecule has 16 heavy (non-hydrogen) atoms. The molecule has 0 amide bonds. The molecule has 1 aliphatic carbocycles. The Morgan fingerprint density at radius 1 is 1.38 bits per heavy atom. The van der Waals surface area contributed by atoms with E-state index in [9.17, 15) is 0 Å². The van der Waals surface area contributed by atoms with Gasteiger partial charge in [0.15, 0.2) is 0 Å². The Kier molecular flexibility index (Phi) is 2.40. The Bertz CT molecular complexity index is 497. The fraction of sp³-hybridized carbons (Fsp3) is 0.462. The molecule has 1 fully saturated rings. The SMILES string of the molecule is NCCc1ccc2c(C3CCC3)[nH]nc2c1. The van der Waals surface area contributed by atoms with Crippen LogP contribution in [0.5, 0.6) is 0 Å². The van der Waals surface area contributed by atoms with Crippen molar-refractivity contribution in [3.05, 3.63) is 29.5 Å². The number of hydrogen-bond acceptors (Lipinski definition) is 2. The summed E-state index contributed by atoms with van der Waals surface area (Å²) in [4.78, 5) is 0. The first-order chi connectivity index (χ1) is 7.88. The number of nitrogens with two attached hydrogens (primary N) is 1. The van der Waals surface area contributed by atoms with Gasteiger partial charge in [-0.2, -0.15) is 5.10 Å². The number of aromatic nitrogens is 2. The number of aromatic amines is 1. The Balaban J connectivity index is 2.00. The van der Waals surface area contributed by atoms with Crippen LogP contribution in [0, 0.1) is 0 Å². The Labute approximate surface area is 95.0 Å². The molecule has 0 spiro atoms. The van der Waals surface area contributed by atoms with E-state index in [1.165, 1.54) is 35.9 Å². The smallest absolute Gasteiger partial charge is 0.0926 e. The lowest BCUT2D eigenvalue weighted by Gasteiger charge is -2.24. The fourth-order valence-electron chi connectivity index (χ4n) is 2.41. The van der Waals surface area contributed by atoms with Crippen LogP contribution >= 0.6 is 0 Å². The first-order valence-corrected chi connectivity index (χ1v) is 6.05. The molecule has 3 nitrogen and oxygen atoms in total. The van der Waals surface area contributed by atoms with E-state index in [1.807, 2.05) is 0 Å². The quantitative estimate of drug-likeness (QED) is 0.825. The van der Waals surface area contributed by atoms with Gasteiger partial charge in [-0.05, 0) is 37.4 Å². The molecule has 84 valence electrons. The molecule has 0 aliphatic heterocycles. The first kappa shape index (κ1) is 9.85. The van der Waals surface area contributed by atoms with Gasteiger partial charge in [0.05, 0.1) is 5.52 Å². The summed E-state index contributed by atoms with van der Waals surface area (Å²) < 4.78 is 0. The van der Waals surface area contributed by atoms with Gasteiger partial charge in [-0.3, -0.25) is 5.10 Å². The lowest BCUT2D eigenvalue weighted by Crippen LogP contribution is -2.09. The monoisotopic (exact) mass is 215 g/mol. The van der Waals surface area contributed by atoms with Gasteiger partial charge in [-0.25, -0.2) is 0 Å². The molecule has 1 saturated carbocycles. The van der Waals surface area contributed by atoms with E-state index in [1.54, 1.807) is 0 Å². The zero-order valence-corrected chi connectivity index (χ0v) is 9.37. The number of benzene rings is 1. The van der Waals surface area contributed by atoms with Crippen LogP contribution in [0.3, 0.4) is 0 Å². The normalized spacial score (nSPS) is 16.6. The van der Waals surface area contributed by atoms with Crippen LogP contribution < -0.4 is 5.73 Å². The zero-order valence-electron chi connectivity index (χ0n) is 9.37. The molecule has 0 radical (unpaired) electrons. The van der Waals surface area contributed by atoms with E-state index in [-0.39, 0.29) is 0 Å². The minimum atomic E-state index is 0.700. The largest absolute Gasteiger partial charge is 0.330 e. The standard InChI is InChI=1S/C13H17N3/c14-7-6-9-4-5-11-12(8-9)15-16-13(11)10-2-1-3-10/h4-5,8,10H,1-3,6-7,14H2,(H,15,16). The van der Waals surface area contributed by atoms with E-state index in [2.05, 4.69) is 28.4 Å². The number of nitrogens with one attached hydrogen (secondary N) is 1. The molecule has 3 rings (SSSR count). The van der Waals surface area contributed by atoms with Gasteiger partial charge in [-0.1, -0.05) is 18.6 Å². The molecule has 2 aromatic rings. The predicted octanol–water partition coefficient (Wildman–Crippen LogP) is 2.33. The summed E-state index contributed by atoms with van der Waals surface area (Å²) in [5.41, 5.74) is 9.26. The van der Waals surface area contributed by atoms with Crippen molar-refractivity contribution >= 4 is 10.9 Å². The Hall–Kier alpha value is -1.35. The van der Waals surface area contributed by atoms with E-state index in [4.69, 9.17) is 5.73 Å². The van der Waals surface area contributed by atoms with Crippen molar-refractivity contribution in [2.24, 2.45) is 5.73 Å². The number of rotatable bonds is 3. The third-order valence-electron chi connectivity index (χ3n) is 3.60. The van der Waals surface area contributed by atoms with Crippen molar-refractivity contribution in [3.63, 3.8) is 0 Å². The van der Waals surface area contributed by atoms with Crippen LogP contribution in [0.4, 0.5) is 0 Å². The maximum atomic E-state index is 5.56. The highest BCUT2D eigenvalue weighted by Crippen LogP contribution is 2.38. The van der Waals surface area contributed by atoms with Crippen molar-refractivity contribution in [1.82, 2.24) is 10.2 Å². The fourth-order valence-corrected chi connectivity index (χ4v) is 2.41. The van der Waals surface area contributed by atoms with E-state index in [0.29, 0.717) is 12.5 Å². The molecular weight excluding hydrogens is 198 g/mol. The minimum absolute atomic E-state index is 0.700. The number of nitrogens with zero attached hydrogens (tertiary/aromatic N) is 1. The summed E-state index contributed by atoms with van der Waals surface area (Å²) in [7, 11) is 0. The highest BCUT2D eigenvalue weighted by Gasteiger charge is 2.23. The maximum absolute atomic E-state index is 5.56. The van der Waals surface area contributed by atoms with Crippen LogP contribution in [0.15, 0.2) is 18.2 Å². The maximum Gasteiger partial charge on any atom is 0.0926 e. The lowest BCUT2D eigenvalue weighted by atomic mass is 9.82. The predicted molar refractivity (Wildman–Crippen MR) is 65.4 cm³/mol. The van der Waals surface area contributed by atoms with Crippen LogP contribution in [-0.4, -0.2) is 16.7 Å². The molecule has 1 aromatic heterocycles. The highest BCUT2D eigenvalue weighted by atomic mass is 15.1. The lowest BCUT2D eigenvalue weighted by molar-refractivity contribution is 0.413. The van der Waals surface area contributed by atoms with Crippen LogP contribution in [-0.2, 0) is 6.42 Å². The third kappa shape index (κ3) is 1.52. The molecule has 1 aromatic carbocycles. The average molecular weight is 215 g/mol. The molecule has 3 heteroatoms.